The lowest BCUT2D eigenvalue weighted by Crippen LogP contribution is -2.42. The highest BCUT2D eigenvalue weighted by Crippen LogP contribution is 2.32. The molecule has 0 N–H and O–H groups in total. The van der Waals surface area contributed by atoms with Crippen LogP contribution in [0.1, 0.15) is 41.5 Å². The number of aryl methyl sites for hydroxylation is 3. The highest BCUT2D eigenvalue weighted by molar-refractivity contribution is 5.86. The lowest BCUT2D eigenvalue weighted by Gasteiger charge is -2.28. The average Bonchev–Trinajstić information content (AvgIpc) is 3.51. The van der Waals surface area contributed by atoms with Gasteiger partial charge in [-0.05, 0) is 94.1 Å². The van der Waals surface area contributed by atoms with Gasteiger partial charge in [0, 0.05) is 37.2 Å². The Morgan fingerprint density at radius 1 is 1.06 bits per heavy atom. The van der Waals surface area contributed by atoms with Crippen LogP contribution in [0.15, 0.2) is 42.5 Å². The van der Waals surface area contributed by atoms with Crippen molar-refractivity contribution in [3.63, 3.8) is 0 Å². The van der Waals surface area contributed by atoms with E-state index in [1.165, 1.54) is 28.5 Å². The lowest BCUT2D eigenvalue weighted by atomic mass is 9.99. The largest absolute Gasteiger partial charge is 0.368 e. The fourth-order valence-electron chi connectivity index (χ4n) is 5.22. The van der Waals surface area contributed by atoms with Gasteiger partial charge in [0.1, 0.15) is 6.10 Å². The third kappa shape index (κ3) is 4.86. The molecule has 0 spiro atoms. The molecule has 3 aromatic rings. The highest BCUT2D eigenvalue weighted by Gasteiger charge is 2.29. The van der Waals surface area contributed by atoms with Crippen LogP contribution in [0.5, 0.6) is 0 Å². The topological polar surface area (TPSA) is 45.7 Å². The van der Waals surface area contributed by atoms with Gasteiger partial charge in [0.25, 0.3) is 5.91 Å². The van der Waals surface area contributed by atoms with Crippen molar-refractivity contribution < 1.29 is 9.53 Å². The van der Waals surface area contributed by atoms with Crippen LogP contribution >= 0.6 is 0 Å². The Morgan fingerprint density at radius 2 is 1.88 bits per heavy atom. The van der Waals surface area contributed by atoms with Crippen LogP contribution in [0, 0.1) is 6.92 Å². The second-order valence-electron chi connectivity index (χ2n) is 10.1. The standard InChI is InChI=1S/C29H35N3O2/c1-20-7-4-10-23(15-20)28-25(17-24-16-21-8-5-9-22(21)18-26(24)30-28)19-32(13-12-31(2)3)29(33)27-11-6-14-34-27/h4,7,10,15-18,27H,5-6,8-9,11-14,19H2,1-3H3/t27-/m0/s1. The lowest BCUT2D eigenvalue weighted by molar-refractivity contribution is -0.141. The van der Waals surface area contributed by atoms with Crippen LogP contribution in [-0.4, -0.2) is 60.6 Å². The van der Waals surface area contributed by atoms with E-state index in [0.717, 1.165) is 54.6 Å². The van der Waals surface area contributed by atoms with E-state index >= 15 is 0 Å². The number of pyridine rings is 1. The van der Waals surface area contributed by atoms with E-state index in [-0.39, 0.29) is 12.0 Å². The first-order valence-electron chi connectivity index (χ1n) is 12.6. The number of nitrogens with zero attached hydrogens (tertiary/aromatic N) is 3. The molecule has 0 saturated carbocycles. The molecule has 5 nitrogen and oxygen atoms in total. The molecule has 5 rings (SSSR count). The zero-order valence-corrected chi connectivity index (χ0v) is 20.6. The van der Waals surface area contributed by atoms with Gasteiger partial charge >= 0.3 is 0 Å². The fourth-order valence-corrected chi connectivity index (χ4v) is 5.22. The Morgan fingerprint density at radius 3 is 2.62 bits per heavy atom. The minimum Gasteiger partial charge on any atom is -0.368 e. The Labute approximate surface area is 202 Å². The van der Waals surface area contributed by atoms with Crippen LogP contribution in [-0.2, 0) is 28.9 Å². The summed E-state index contributed by atoms with van der Waals surface area (Å²) in [5, 5.41) is 1.17. The summed E-state index contributed by atoms with van der Waals surface area (Å²) in [4.78, 5) is 22.7. The van der Waals surface area contributed by atoms with Crippen LogP contribution in [0.2, 0.25) is 0 Å². The third-order valence-corrected chi connectivity index (χ3v) is 7.09. The number of hydrogen-bond donors (Lipinski definition) is 0. The fraction of sp³-hybridized carbons (Fsp3) is 0.448. The van der Waals surface area contributed by atoms with E-state index < -0.39 is 0 Å². The molecule has 1 aromatic heterocycles. The van der Waals surface area contributed by atoms with E-state index in [1.807, 2.05) is 19.0 Å². The molecule has 2 heterocycles. The van der Waals surface area contributed by atoms with Gasteiger partial charge in [0.2, 0.25) is 0 Å². The molecule has 1 amide bonds. The maximum atomic E-state index is 13.4. The van der Waals surface area contributed by atoms with Gasteiger partial charge in [-0.15, -0.1) is 0 Å². The van der Waals surface area contributed by atoms with Crippen molar-refractivity contribution in [2.24, 2.45) is 0 Å². The maximum absolute atomic E-state index is 13.4. The van der Waals surface area contributed by atoms with E-state index in [9.17, 15) is 4.79 Å². The van der Waals surface area contributed by atoms with E-state index in [2.05, 4.69) is 54.3 Å². The first-order chi connectivity index (χ1) is 16.5. The summed E-state index contributed by atoms with van der Waals surface area (Å²) in [7, 11) is 4.09. The van der Waals surface area contributed by atoms with Gasteiger partial charge in [-0.3, -0.25) is 4.79 Å². The van der Waals surface area contributed by atoms with Crippen molar-refractivity contribution in [1.82, 2.24) is 14.8 Å². The minimum atomic E-state index is -0.318. The second-order valence-corrected chi connectivity index (χ2v) is 10.1. The molecule has 5 heteroatoms. The van der Waals surface area contributed by atoms with Gasteiger partial charge in [-0.25, -0.2) is 4.98 Å². The summed E-state index contributed by atoms with van der Waals surface area (Å²) in [6, 6.07) is 15.4. The van der Waals surface area contributed by atoms with Crippen LogP contribution in [0.25, 0.3) is 22.2 Å². The van der Waals surface area contributed by atoms with Gasteiger partial charge in [0.15, 0.2) is 0 Å². The zero-order chi connectivity index (χ0) is 23.7. The Bertz CT molecular complexity index is 1200. The average molecular weight is 458 g/mol. The number of hydrogen-bond acceptors (Lipinski definition) is 4. The molecule has 2 aromatic carbocycles. The summed E-state index contributed by atoms with van der Waals surface area (Å²) < 4.78 is 5.77. The number of carbonyl (C=O) groups excluding carboxylic acids is 1. The number of amides is 1. The van der Waals surface area contributed by atoms with Crippen molar-refractivity contribution >= 4 is 16.8 Å². The number of aromatic nitrogens is 1. The second kappa shape index (κ2) is 9.85. The normalized spacial score (nSPS) is 17.5. The third-order valence-electron chi connectivity index (χ3n) is 7.09. The molecule has 1 atom stereocenters. The summed E-state index contributed by atoms with van der Waals surface area (Å²) in [6.07, 6.45) is 4.95. The number of fused-ring (bicyclic) bond motifs is 2. The van der Waals surface area contributed by atoms with Crippen LogP contribution in [0.3, 0.4) is 0 Å². The number of ether oxygens (including phenoxy) is 1. The predicted octanol–water partition coefficient (Wildman–Crippen LogP) is 4.77. The van der Waals surface area contributed by atoms with Gasteiger partial charge < -0.3 is 14.5 Å². The molecule has 1 saturated heterocycles. The summed E-state index contributed by atoms with van der Waals surface area (Å²) in [5.74, 6) is 0.101. The molecule has 1 aliphatic heterocycles. The summed E-state index contributed by atoms with van der Waals surface area (Å²) >= 11 is 0. The van der Waals surface area contributed by atoms with Crippen molar-refractivity contribution in [2.75, 3.05) is 33.8 Å². The Kier molecular flexibility index (Phi) is 6.66. The van der Waals surface area contributed by atoms with E-state index in [4.69, 9.17) is 9.72 Å². The molecule has 178 valence electrons. The molecular weight excluding hydrogens is 422 g/mol. The molecule has 2 aliphatic rings. The zero-order valence-electron chi connectivity index (χ0n) is 20.6. The predicted molar refractivity (Wildman–Crippen MR) is 137 cm³/mol. The number of likely N-dealkylation sites (N-methyl/N-ethyl adjacent to an activating group) is 1. The molecule has 0 radical (unpaired) electrons. The number of benzene rings is 2. The van der Waals surface area contributed by atoms with Crippen molar-refractivity contribution in [2.45, 2.75) is 51.7 Å². The highest BCUT2D eigenvalue weighted by atomic mass is 16.5. The first kappa shape index (κ1) is 23.0. The van der Waals surface area contributed by atoms with Crippen LogP contribution in [0.4, 0.5) is 0 Å². The van der Waals surface area contributed by atoms with E-state index in [1.54, 1.807) is 0 Å². The van der Waals surface area contributed by atoms with Gasteiger partial charge in [0.05, 0.1) is 11.2 Å². The van der Waals surface area contributed by atoms with E-state index in [0.29, 0.717) is 19.7 Å². The minimum absolute atomic E-state index is 0.101. The first-order valence-corrected chi connectivity index (χ1v) is 12.6. The maximum Gasteiger partial charge on any atom is 0.252 e. The molecule has 34 heavy (non-hydrogen) atoms. The number of carbonyl (C=O) groups is 1. The smallest absolute Gasteiger partial charge is 0.252 e. The van der Waals surface area contributed by atoms with Crippen LogP contribution < -0.4 is 0 Å². The van der Waals surface area contributed by atoms with Crippen molar-refractivity contribution in [3.8, 4) is 11.3 Å². The SMILES string of the molecule is Cc1cccc(-c2nc3cc4c(cc3cc2CN(CCN(C)C)C(=O)[C@@H]2CCCO2)CCC4)c1. The van der Waals surface area contributed by atoms with Gasteiger partial charge in [-0.2, -0.15) is 0 Å². The monoisotopic (exact) mass is 457 g/mol. The summed E-state index contributed by atoms with van der Waals surface area (Å²) in [5.41, 5.74) is 8.32. The quantitative estimate of drug-likeness (QED) is 0.513. The Hall–Kier alpha value is -2.76. The van der Waals surface area contributed by atoms with Crippen molar-refractivity contribution in [3.05, 3.63) is 64.7 Å². The molecule has 0 unspecified atom stereocenters. The number of rotatable bonds is 7. The Balaban J connectivity index is 1.57. The molecule has 1 aliphatic carbocycles. The molecule has 0 bridgehead atoms. The van der Waals surface area contributed by atoms with Crippen molar-refractivity contribution in [1.29, 1.82) is 0 Å². The molecular formula is C29H35N3O2. The molecule has 1 fully saturated rings. The van der Waals surface area contributed by atoms with Gasteiger partial charge in [-0.1, -0.05) is 23.8 Å². The summed E-state index contributed by atoms with van der Waals surface area (Å²) in [6.45, 7) is 4.81.